The third-order valence-corrected chi connectivity index (χ3v) is 4.31. The molecule has 0 fully saturated rings. The van der Waals surface area contributed by atoms with Crippen molar-refractivity contribution in [1.82, 2.24) is 5.32 Å². The average Bonchev–Trinajstić information content (AvgIpc) is 2.55. The van der Waals surface area contributed by atoms with Crippen LogP contribution in [0.4, 0.5) is 11.4 Å². The number of para-hydroxylation sites is 1. The van der Waals surface area contributed by atoms with Crippen molar-refractivity contribution < 1.29 is 13.3 Å². The summed E-state index contributed by atoms with van der Waals surface area (Å²) in [5, 5.41) is 16.0. The summed E-state index contributed by atoms with van der Waals surface area (Å²) < 4.78 is 27.7. The number of nitro groups is 1. The van der Waals surface area contributed by atoms with Crippen LogP contribution < -0.4 is 16.4 Å². The van der Waals surface area contributed by atoms with Crippen LogP contribution in [0.15, 0.2) is 63.9 Å². The molecule has 130 valence electrons. The molecule has 0 saturated carbocycles. The van der Waals surface area contributed by atoms with Gasteiger partial charge < -0.3 is 16.4 Å². The zero-order chi connectivity index (χ0) is 18.4. The highest BCUT2D eigenvalue weighted by Gasteiger charge is 2.17. The number of thiocarbonyl (C=S) groups is 1. The number of sulfonamides is 1. The van der Waals surface area contributed by atoms with Gasteiger partial charge in [0.1, 0.15) is 0 Å². The van der Waals surface area contributed by atoms with Crippen LogP contribution in [0.2, 0.25) is 0 Å². The van der Waals surface area contributed by atoms with E-state index in [4.69, 9.17) is 18.0 Å². The Balaban J connectivity index is 2.13. The second kappa shape index (κ2) is 7.68. The van der Waals surface area contributed by atoms with Crippen LogP contribution in [0.25, 0.3) is 0 Å². The van der Waals surface area contributed by atoms with E-state index in [2.05, 4.69) is 15.0 Å². The van der Waals surface area contributed by atoms with Crippen molar-refractivity contribution >= 4 is 44.7 Å². The van der Waals surface area contributed by atoms with Gasteiger partial charge >= 0.3 is 0 Å². The van der Waals surface area contributed by atoms with Crippen LogP contribution in [0, 0.1) is 10.1 Å². The van der Waals surface area contributed by atoms with Gasteiger partial charge in [-0.2, -0.15) is 8.42 Å². The smallest absolute Gasteiger partial charge is 0.285 e. The second-order valence-corrected chi connectivity index (χ2v) is 6.66. The van der Waals surface area contributed by atoms with Crippen LogP contribution in [0.3, 0.4) is 0 Å². The van der Waals surface area contributed by atoms with E-state index >= 15 is 0 Å². The van der Waals surface area contributed by atoms with Crippen LogP contribution in [0.1, 0.15) is 0 Å². The maximum Gasteiger partial charge on any atom is 0.285 e. The summed E-state index contributed by atoms with van der Waals surface area (Å²) in [6, 6.07) is 13.4. The number of guanidine groups is 1. The number of benzene rings is 2. The van der Waals surface area contributed by atoms with E-state index in [1.54, 1.807) is 24.3 Å². The molecule has 0 aliphatic rings. The molecule has 4 N–H and O–H groups in total. The highest BCUT2D eigenvalue weighted by Crippen LogP contribution is 2.18. The van der Waals surface area contributed by atoms with E-state index in [1.807, 2.05) is 6.07 Å². The summed E-state index contributed by atoms with van der Waals surface area (Å²) in [5.41, 5.74) is 5.85. The molecule has 0 radical (unpaired) electrons. The van der Waals surface area contributed by atoms with E-state index in [-0.39, 0.29) is 15.7 Å². The van der Waals surface area contributed by atoms with Crippen LogP contribution in [0.5, 0.6) is 0 Å². The van der Waals surface area contributed by atoms with Crippen molar-refractivity contribution in [3.8, 4) is 0 Å². The first-order valence-electron chi connectivity index (χ1n) is 6.76. The SMILES string of the molecule is N/C(=N\S(=O)(=O)c1cccc([N+](=O)[O-])c1)NC(=S)Nc1ccccc1. The Bertz CT molecular complexity index is 929. The average molecular weight is 379 g/mol. The molecule has 0 saturated heterocycles. The summed E-state index contributed by atoms with van der Waals surface area (Å²) in [4.78, 5) is 9.68. The third-order valence-electron chi connectivity index (χ3n) is 2.82. The molecule has 0 spiro atoms. The Labute approximate surface area is 148 Å². The fourth-order valence-corrected chi connectivity index (χ4v) is 2.92. The van der Waals surface area contributed by atoms with Gasteiger partial charge in [-0.05, 0) is 30.4 Å². The van der Waals surface area contributed by atoms with Crippen LogP contribution in [-0.4, -0.2) is 24.4 Å². The molecular weight excluding hydrogens is 366 g/mol. The van der Waals surface area contributed by atoms with Crippen molar-refractivity contribution in [3.05, 3.63) is 64.7 Å². The number of nitrogens with zero attached hydrogens (tertiary/aromatic N) is 2. The molecule has 2 rings (SSSR count). The molecule has 0 aliphatic carbocycles. The van der Waals surface area contributed by atoms with Gasteiger partial charge in [0.15, 0.2) is 5.11 Å². The molecule has 2 aromatic carbocycles. The molecule has 25 heavy (non-hydrogen) atoms. The Morgan fingerprint density at radius 3 is 2.48 bits per heavy atom. The van der Waals surface area contributed by atoms with E-state index in [1.165, 1.54) is 18.2 Å². The molecule has 0 atom stereocenters. The molecule has 0 heterocycles. The number of rotatable bonds is 4. The molecule has 11 heteroatoms. The third kappa shape index (κ3) is 5.22. The van der Waals surface area contributed by atoms with E-state index in [0.29, 0.717) is 5.69 Å². The Morgan fingerprint density at radius 1 is 1.16 bits per heavy atom. The summed E-state index contributed by atoms with van der Waals surface area (Å²) in [6.45, 7) is 0. The van der Waals surface area contributed by atoms with Gasteiger partial charge in [-0.3, -0.25) is 10.1 Å². The van der Waals surface area contributed by atoms with Gasteiger partial charge in [-0.15, -0.1) is 4.40 Å². The van der Waals surface area contributed by atoms with Crippen molar-refractivity contribution in [2.75, 3.05) is 5.32 Å². The minimum absolute atomic E-state index is 0.0432. The first-order chi connectivity index (χ1) is 11.8. The predicted molar refractivity (Wildman–Crippen MR) is 97.7 cm³/mol. The fraction of sp³-hybridized carbons (Fsp3) is 0. The predicted octanol–water partition coefficient (Wildman–Crippen LogP) is 1.58. The van der Waals surface area contributed by atoms with Gasteiger partial charge in [0.2, 0.25) is 5.96 Å². The quantitative estimate of drug-likeness (QED) is 0.239. The number of nitrogens with one attached hydrogen (secondary N) is 2. The summed E-state index contributed by atoms with van der Waals surface area (Å²) in [7, 11) is -4.23. The zero-order valence-electron chi connectivity index (χ0n) is 12.6. The first-order valence-corrected chi connectivity index (χ1v) is 8.61. The first kappa shape index (κ1) is 18.3. The minimum Gasteiger partial charge on any atom is -0.369 e. The number of nitro benzene ring substituents is 1. The lowest BCUT2D eigenvalue weighted by Gasteiger charge is -2.09. The van der Waals surface area contributed by atoms with Crippen molar-refractivity contribution in [3.63, 3.8) is 0 Å². The Kier molecular flexibility index (Phi) is 5.62. The number of non-ortho nitro benzene ring substituents is 1. The molecule has 9 nitrogen and oxygen atoms in total. The van der Waals surface area contributed by atoms with Gasteiger partial charge in [-0.25, -0.2) is 0 Å². The van der Waals surface area contributed by atoms with E-state index in [0.717, 1.165) is 6.07 Å². The van der Waals surface area contributed by atoms with Gasteiger partial charge in [0, 0.05) is 17.8 Å². The van der Waals surface area contributed by atoms with Crippen LogP contribution in [-0.2, 0) is 10.0 Å². The minimum atomic E-state index is -4.23. The summed E-state index contributed by atoms with van der Waals surface area (Å²) in [5.74, 6) is -0.472. The van der Waals surface area contributed by atoms with Gasteiger partial charge in [-0.1, -0.05) is 24.3 Å². The van der Waals surface area contributed by atoms with Gasteiger partial charge in [0.05, 0.1) is 9.82 Å². The topological polar surface area (TPSA) is 140 Å². The highest BCUT2D eigenvalue weighted by molar-refractivity contribution is 7.90. The van der Waals surface area contributed by atoms with E-state index in [9.17, 15) is 18.5 Å². The Morgan fingerprint density at radius 2 is 1.84 bits per heavy atom. The number of nitrogens with two attached hydrogens (primary N) is 1. The lowest BCUT2D eigenvalue weighted by Crippen LogP contribution is -2.39. The lowest BCUT2D eigenvalue weighted by molar-refractivity contribution is -0.385. The molecule has 0 aromatic heterocycles. The Hall–Kier alpha value is -3.05. The standard InChI is InChI=1S/C14H13N5O4S2/c15-13(17-14(24)16-10-5-2-1-3-6-10)18-25(22,23)12-8-4-7-11(9-12)19(20)21/h1-9H,(H4,15,16,17,18,24). The summed E-state index contributed by atoms with van der Waals surface area (Å²) >= 11 is 5.01. The normalized spacial score (nSPS) is 11.6. The number of hydrogen-bond donors (Lipinski definition) is 3. The van der Waals surface area contributed by atoms with Gasteiger partial charge in [0.25, 0.3) is 15.7 Å². The fourth-order valence-electron chi connectivity index (χ4n) is 1.76. The zero-order valence-corrected chi connectivity index (χ0v) is 14.3. The molecule has 0 amide bonds. The number of anilines is 1. The highest BCUT2D eigenvalue weighted by atomic mass is 32.2. The van der Waals surface area contributed by atoms with Crippen LogP contribution >= 0.6 is 12.2 Å². The second-order valence-electron chi connectivity index (χ2n) is 4.65. The van der Waals surface area contributed by atoms with Crippen molar-refractivity contribution in [2.45, 2.75) is 4.90 Å². The molecule has 2 aromatic rings. The largest absolute Gasteiger partial charge is 0.369 e. The van der Waals surface area contributed by atoms with Crippen molar-refractivity contribution in [2.24, 2.45) is 10.1 Å². The van der Waals surface area contributed by atoms with Crippen molar-refractivity contribution in [1.29, 1.82) is 0 Å². The maximum atomic E-state index is 12.2. The maximum absolute atomic E-state index is 12.2. The summed E-state index contributed by atoms with van der Waals surface area (Å²) in [6.07, 6.45) is 0. The lowest BCUT2D eigenvalue weighted by atomic mass is 10.3. The molecule has 0 aliphatic heterocycles. The number of hydrogen-bond acceptors (Lipinski definition) is 5. The molecular formula is C14H13N5O4S2. The monoisotopic (exact) mass is 379 g/mol. The van der Waals surface area contributed by atoms with E-state index < -0.39 is 20.9 Å². The molecule has 0 bridgehead atoms. The molecule has 0 unspecified atom stereocenters.